The van der Waals surface area contributed by atoms with Crippen LogP contribution < -0.4 is 5.73 Å². The van der Waals surface area contributed by atoms with Gasteiger partial charge in [-0.2, -0.15) is 0 Å². The van der Waals surface area contributed by atoms with Crippen LogP contribution in [0.25, 0.3) is 0 Å². The molecule has 0 saturated heterocycles. The Bertz CT molecular complexity index is 421. The quantitative estimate of drug-likeness (QED) is 0.866. The fourth-order valence-corrected chi connectivity index (χ4v) is 2.96. The maximum absolute atomic E-state index is 5.94. The normalized spacial score (nSPS) is 24.9. The summed E-state index contributed by atoms with van der Waals surface area (Å²) in [7, 11) is 0. The van der Waals surface area contributed by atoms with Crippen molar-refractivity contribution in [3.05, 3.63) is 16.1 Å². The molecule has 0 aromatic carbocycles. The maximum atomic E-state index is 5.94. The van der Waals surface area contributed by atoms with Gasteiger partial charge >= 0.3 is 0 Å². The summed E-state index contributed by atoms with van der Waals surface area (Å²) in [6.07, 6.45) is 2.68. The summed E-state index contributed by atoms with van der Waals surface area (Å²) < 4.78 is 0. The molecule has 0 radical (unpaired) electrons. The van der Waals surface area contributed by atoms with Gasteiger partial charge in [-0.25, -0.2) is 4.98 Å². The molecule has 1 saturated carbocycles. The van der Waals surface area contributed by atoms with Crippen LogP contribution in [0.1, 0.15) is 29.6 Å². The molecule has 1 aliphatic heterocycles. The number of thiazole rings is 1. The first kappa shape index (κ1) is 10.1. The van der Waals surface area contributed by atoms with Crippen LogP contribution in [0, 0.1) is 12.8 Å². The number of hydrogen-bond acceptors (Lipinski definition) is 5. The van der Waals surface area contributed by atoms with Crippen LogP contribution >= 0.6 is 11.3 Å². The molecule has 2 N–H and O–H groups in total. The molecule has 2 aliphatic rings. The van der Waals surface area contributed by atoms with Crippen LogP contribution in [0.3, 0.4) is 0 Å². The van der Waals surface area contributed by atoms with E-state index in [0.717, 1.165) is 29.7 Å². The number of nitrogens with zero attached hydrogens (tertiary/aromatic N) is 3. The first-order valence-electron chi connectivity index (χ1n) is 5.72. The standard InChI is InChI=1S/C11H16N4S/c1-7-6-16-10(14-7)9-4-13-11(12)15(9)5-8-2-3-8/h6,8-9H,2-5H2,1H3,(H2,12,13). The van der Waals surface area contributed by atoms with E-state index in [0.29, 0.717) is 12.0 Å². The van der Waals surface area contributed by atoms with E-state index in [1.54, 1.807) is 11.3 Å². The second kappa shape index (κ2) is 3.73. The zero-order chi connectivity index (χ0) is 11.1. The third kappa shape index (κ3) is 1.80. The molecule has 5 heteroatoms. The lowest BCUT2D eigenvalue weighted by Gasteiger charge is -2.24. The molecule has 2 heterocycles. The third-order valence-electron chi connectivity index (χ3n) is 3.17. The van der Waals surface area contributed by atoms with E-state index in [4.69, 9.17) is 5.73 Å². The Morgan fingerprint density at radius 3 is 3.00 bits per heavy atom. The smallest absolute Gasteiger partial charge is 0.192 e. The minimum Gasteiger partial charge on any atom is -0.370 e. The van der Waals surface area contributed by atoms with E-state index in [2.05, 4.69) is 20.3 Å². The Kier molecular flexibility index (Phi) is 2.35. The third-order valence-corrected chi connectivity index (χ3v) is 4.23. The molecule has 16 heavy (non-hydrogen) atoms. The van der Waals surface area contributed by atoms with Gasteiger partial charge in [-0.3, -0.25) is 4.99 Å². The first-order chi connectivity index (χ1) is 7.74. The average molecular weight is 236 g/mol. The molecule has 0 spiro atoms. The van der Waals surface area contributed by atoms with Gasteiger partial charge < -0.3 is 10.6 Å². The van der Waals surface area contributed by atoms with Crippen LogP contribution in [-0.4, -0.2) is 28.9 Å². The summed E-state index contributed by atoms with van der Waals surface area (Å²) in [6.45, 7) is 3.86. The molecule has 4 nitrogen and oxygen atoms in total. The van der Waals surface area contributed by atoms with Gasteiger partial charge in [-0.15, -0.1) is 11.3 Å². The van der Waals surface area contributed by atoms with E-state index in [1.165, 1.54) is 12.8 Å². The first-order valence-corrected chi connectivity index (χ1v) is 6.60. The van der Waals surface area contributed by atoms with Crippen LogP contribution in [0.5, 0.6) is 0 Å². The average Bonchev–Trinajstić information content (AvgIpc) is 2.87. The van der Waals surface area contributed by atoms with E-state index < -0.39 is 0 Å². The highest BCUT2D eigenvalue weighted by atomic mass is 32.1. The van der Waals surface area contributed by atoms with Gasteiger partial charge in [0.25, 0.3) is 0 Å². The van der Waals surface area contributed by atoms with Crippen molar-refractivity contribution < 1.29 is 0 Å². The number of aliphatic imine (C=N–C) groups is 1. The Balaban J connectivity index is 1.79. The van der Waals surface area contributed by atoms with E-state index in [9.17, 15) is 0 Å². The lowest BCUT2D eigenvalue weighted by atomic mass is 10.2. The molecule has 1 aliphatic carbocycles. The van der Waals surface area contributed by atoms with Gasteiger partial charge in [0.1, 0.15) is 11.0 Å². The minimum atomic E-state index is 0.291. The molecule has 0 amide bonds. The Labute approximate surface area is 99.2 Å². The number of nitrogens with two attached hydrogens (primary N) is 1. The van der Waals surface area contributed by atoms with Crippen molar-refractivity contribution in [1.82, 2.24) is 9.88 Å². The summed E-state index contributed by atoms with van der Waals surface area (Å²) in [5.74, 6) is 1.53. The monoisotopic (exact) mass is 236 g/mol. The zero-order valence-corrected chi connectivity index (χ0v) is 10.2. The lowest BCUT2D eigenvalue weighted by Crippen LogP contribution is -2.37. The number of aryl methyl sites for hydroxylation is 1. The van der Waals surface area contributed by atoms with Gasteiger partial charge in [0.2, 0.25) is 0 Å². The topological polar surface area (TPSA) is 54.5 Å². The van der Waals surface area contributed by atoms with Crippen molar-refractivity contribution in [1.29, 1.82) is 0 Å². The summed E-state index contributed by atoms with van der Waals surface area (Å²) in [5, 5.41) is 3.25. The molecule has 1 fully saturated rings. The highest BCUT2D eigenvalue weighted by Gasteiger charge is 2.34. The SMILES string of the molecule is Cc1csc(C2CN=C(N)N2CC2CC2)n1. The summed E-state index contributed by atoms with van der Waals surface area (Å²) in [5.41, 5.74) is 7.04. The van der Waals surface area contributed by atoms with Crippen LogP contribution in [0.4, 0.5) is 0 Å². The fourth-order valence-electron chi connectivity index (χ4n) is 2.07. The fraction of sp³-hybridized carbons (Fsp3) is 0.636. The second-order valence-electron chi connectivity index (χ2n) is 4.64. The summed E-state index contributed by atoms with van der Waals surface area (Å²) in [4.78, 5) is 11.1. The summed E-state index contributed by atoms with van der Waals surface area (Å²) in [6, 6.07) is 0.291. The molecule has 86 valence electrons. The molecular formula is C11H16N4S. The Morgan fingerprint density at radius 1 is 1.56 bits per heavy atom. The van der Waals surface area contributed by atoms with E-state index in [1.807, 2.05) is 6.92 Å². The van der Waals surface area contributed by atoms with Crippen molar-refractivity contribution in [3.8, 4) is 0 Å². The van der Waals surface area contributed by atoms with Crippen molar-refractivity contribution in [2.24, 2.45) is 16.6 Å². The Hall–Kier alpha value is -1.10. The van der Waals surface area contributed by atoms with Crippen molar-refractivity contribution in [3.63, 3.8) is 0 Å². The highest BCUT2D eigenvalue weighted by molar-refractivity contribution is 7.09. The molecule has 1 atom stereocenters. The minimum absolute atomic E-state index is 0.291. The van der Waals surface area contributed by atoms with Crippen molar-refractivity contribution in [2.75, 3.05) is 13.1 Å². The lowest BCUT2D eigenvalue weighted by molar-refractivity contribution is 0.333. The van der Waals surface area contributed by atoms with Crippen LogP contribution in [0.15, 0.2) is 10.4 Å². The summed E-state index contributed by atoms with van der Waals surface area (Å²) >= 11 is 1.72. The predicted molar refractivity (Wildman–Crippen MR) is 65.5 cm³/mol. The van der Waals surface area contributed by atoms with Gasteiger partial charge in [0.05, 0.1) is 6.54 Å². The van der Waals surface area contributed by atoms with Crippen LogP contribution in [-0.2, 0) is 0 Å². The molecule has 3 rings (SSSR count). The second-order valence-corrected chi connectivity index (χ2v) is 5.53. The molecule has 0 bridgehead atoms. The van der Waals surface area contributed by atoms with Gasteiger partial charge in [-0.05, 0) is 25.7 Å². The molecular weight excluding hydrogens is 220 g/mol. The number of rotatable bonds is 3. The predicted octanol–water partition coefficient (Wildman–Crippen LogP) is 1.53. The zero-order valence-electron chi connectivity index (χ0n) is 9.39. The van der Waals surface area contributed by atoms with E-state index in [-0.39, 0.29) is 0 Å². The van der Waals surface area contributed by atoms with Gasteiger partial charge in [-0.1, -0.05) is 0 Å². The molecule has 1 aromatic rings. The van der Waals surface area contributed by atoms with Crippen molar-refractivity contribution in [2.45, 2.75) is 25.8 Å². The largest absolute Gasteiger partial charge is 0.370 e. The van der Waals surface area contributed by atoms with Crippen molar-refractivity contribution >= 4 is 17.3 Å². The number of guanidine groups is 1. The molecule has 1 unspecified atom stereocenters. The molecule has 1 aromatic heterocycles. The Morgan fingerprint density at radius 2 is 2.38 bits per heavy atom. The number of aromatic nitrogens is 1. The van der Waals surface area contributed by atoms with E-state index >= 15 is 0 Å². The highest BCUT2D eigenvalue weighted by Crippen LogP contribution is 2.35. The van der Waals surface area contributed by atoms with Gasteiger partial charge in [0, 0.05) is 17.6 Å². The maximum Gasteiger partial charge on any atom is 0.192 e. The number of hydrogen-bond donors (Lipinski definition) is 1. The van der Waals surface area contributed by atoms with Gasteiger partial charge in [0.15, 0.2) is 5.96 Å². The van der Waals surface area contributed by atoms with Crippen LogP contribution in [0.2, 0.25) is 0 Å².